The van der Waals surface area contributed by atoms with Gasteiger partial charge in [0, 0.05) is 25.9 Å². The van der Waals surface area contributed by atoms with E-state index in [1.807, 2.05) is 19.0 Å². The van der Waals surface area contributed by atoms with Gasteiger partial charge in [-0.05, 0) is 20.5 Å². The van der Waals surface area contributed by atoms with Crippen LogP contribution in [0.1, 0.15) is 19.3 Å². The van der Waals surface area contributed by atoms with E-state index in [2.05, 4.69) is 5.32 Å². The number of rotatable bonds is 7. The zero-order valence-corrected chi connectivity index (χ0v) is 8.38. The molecular formula is C9H18N2O2. The molecular weight excluding hydrogens is 168 g/mol. The molecule has 0 atom stereocenters. The summed E-state index contributed by atoms with van der Waals surface area (Å²) in [5, 5.41) is 2.75. The van der Waals surface area contributed by atoms with Crippen molar-refractivity contribution in [3.63, 3.8) is 0 Å². The molecule has 4 nitrogen and oxygen atoms in total. The third kappa shape index (κ3) is 9.01. The predicted molar refractivity (Wildman–Crippen MR) is 51.5 cm³/mol. The topological polar surface area (TPSA) is 49.4 Å². The molecule has 0 radical (unpaired) electrons. The standard InChI is InChI=1S/C9H18N2O2/c1-11(2)7-5-9(13)10-6-3-4-8-12/h8H,3-7H2,1-2H3,(H,10,13). The highest BCUT2D eigenvalue weighted by Gasteiger charge is 2.00. The maximum atomic E-state index is 11.1. The fourth-order valence-electron chi connectivity index (χ4n) is 0.827. The van der Waals surface area contributed by atoms with Crippen molar-refractivity contribution in [2.24, 2.45) is 0 Å². The molecule has 0 rings (SSSR count). The number of carbonyl (C=O) groups excluding carboxylic acids is 2. The second-order valence-corrected chi connectivity index (χ2v) is 3.21. The SMILES string of the molecule is CN(C)CCC(=O)NCCCC=O. The van der Waals surface area contributed by atoms with E-state index in [9.17, 15) is 9.59 Å². The summed E-state index contributed by atoms with van der Waals surface area (Å²) < 4.78 is 0. The smallest absolute Gasteiger partial charge is 0.221 e. The molecule has 13 heavy (non-hydrogen) atoms. The van der Waals surface area contributed by atoms with Crippen LogP contribution < -0.4 is 5.32 Å². The number of hydrogen-bond donors (Lipinski definition) is 1. The zero-order valence-electron chi connectivity index (χ0n) is 8.38. The van der Waals surface area contributed by atoms with Crippen molar-refractivity contribution in [2.45, 2.75) is 19.3 Å². The summed E-state index contributed by atoms with van der Waals surface area (Å²) in [6.07, 6.45) is 2.64. The maximum absolute atomic E-state index is 11.1. The number of carbonyl (C=O) groups is 2. The molecule has 0 aromatic rings. The average molecular weight is 186 g/mol. The fourth-order valence-corrected chi connectivity index (χ4v) is 0.827. The van der Waals surface area contributed by atoms with Gasteiger partial charge in [-0.1, -0.05) is 0 Å². The van der Waals surface area contributed by atoms with E-state index in [0.29, 0.717) is 19.4 Å². The minimum atomic E-state index is 0.0552. The Morgan fingerprint density at radius 1 is 1.46 bits per heavy atom. The molecule has 4 heteroatoms. The fraction of sp³-hybridized carbons (Fsp3) is 0.778. The third-order valence-corrected chi connectivity index (χ3v) is 1.61. The van der Waals surface area contributed by atoms with E-state index in [4.69, 9.17) is 0 Å². The lowest BCUT2D eigenvalue weighted by molar-refractivity contribution is -0.121. The number of hydrogen-bond acceptors (Lipinski definition) is 3. The Bertz CT molecular complexity index is 158. The van der Waals surface area contributed by atoms with Crippen LogP contribution in [0.5, 0.6) is 0 Å². The molecule has 0 fully saturated rings. The van der Waals surface area contributed by atoms with Gasteiger partial charge in [-0.2, -0.15) is 0 Å². The Morgan fingerprint density at radius 2 is 2.15 bits per heavy atom. The van der Waals surface area contributed by atoms with E-state index in [1.165, 1.54) is 0 Å². The first-order valence-electron chi connectivity index (χ1n) is 4.52. The Labute approximate surface area is 79.3 Å². The second kappa shape index (κ2) is 7.73. The van der Waals surface area contributed by atoms with Gasteiger partial charge in [0.1, 0.15) is 6.29 Å². The Kier molecular flexibility index (Phi) is 7.20. The van der Waals surface area contributed by atoms with Gasteiger partial charge in [0.05, 0.1) is 0 Å². The molecule has 76 valence electrons. The van der Waals surface area contributed by atoms with Gasteiger partial charge in [-0.3, -0.25) is 4.79 Å². The minimum Gasteiger partial charge on any atom is -0.356 e. The summed E-state index contributed by atoms with van der Waals surface area (Å²) in [5.41, 5.74) is 0. The summed E-state index contributed by atoms with van der Waals surface area (Å²) >= 11 is 0. The van der Waals surface area contributed by atoms with Crippen molar-refractivity contribution in [1.29, 1.82) is 0 Å². The van der Waals surface area contributed by atoms with Gasteiger partial charge < -0.3 is 15.0 Å². The highest BCUT2D eigenvalue weighted by atomic mass is 16.1. The first-order chi connectivity index (χ1) is 6.16. The van der Waals surface area contributed by atoms with E-state index < -0.39 is 0 Å². The van der Waals surface area contributed by atoms with E-state index in [1.54, 1.807) is 0 Å². The number of amides is 1. The van der Waals surface area contributed by atoms with Crippen molar-refractivity contribution >= 4 is 12.2 Å². The molecule has 0 aromatic carbocycles. The molecule has 1 amide bonds. The van der Waals surface area contributed by atoms with Crippen LogP contribution in [0, 0.1) is 0 Å². The van der Waals surface area contributed by atoms with E-state index in [0.717, 1.165) is 19.3 Å². The number of nitrogens with one attached hydrogen (secondary N) is 1. The van der Waals surface area contributed by atoms with Gasteiger partial charge >= 0.3 is 0 Å². The summed E-state index contributed by atoms with van der Waals surface area (Å²) in [5.74, 6) is 0.0552. The Morgan fingerprint density at radius 3 is 2.69 bits per heavy atom. The maximum Gasteiger partial charge on any atom is 0.221 e. The molecule has 0 bridgehead atoms. The van der Waals surface area contributed by atoms with E-state index >= 15 is 0 Å². The average Bonchev–Trinajstić information content (AvgIpc) is 2.09. The van der Waals surface area contributed by atoms with Gasteiger partial charge in [0.25, 0.3) is 0 Å². The molecule has 0 aliphatic heterocycles. The van der Waals surface area contributed by atoms with Crippen LogP contribution in [0.2, 0.25) is 0 Å². The molecule has 0 unspecified atom stereocenters. The number of unbranched alkanes of at least 4 members (excludes halogenated alkanes) is 1. The van der Waals surface area contributed by atoms with Crippen LogP contribution in [0.25, 0.3) is 0 Å². The summed E-state index contributed by atoms with van der Waals surface area (Å²) in [6.45, 7) is 1.37. The molecule has 0 aliphatic rings. The van der Waals surface area contributed by atoms with Gasteiger partial charge in [0.2, 0.25) is 5.91 Å². The van der Waals surface area contributed by atoms with Crippen molar-refractivity contribution < 1.29 is 9.59 Å². The van der Waals surface area contributed by atoms with Crippen LogP contribution in [-0.4, -0.2) is 44.3 Å². The lowest BCUT2D eigenvalue weighted by Crippen LogP contribution is -2.28. The Hall–Kier alpha value is -0.900. The predicted octanol–water partition coefficient (Wildman–Crippen LogP) is 0.0334. The molecule has 0 aliphatic carbocycles. The molecule has 1 N–H and O–H groups in total. The number of aldehydes is 1. The van der Waals surface area contributed by atoms with Gasteiger partial charge in [-0.15, -0.1) is 0 Å². The number of nitrogens with zero attached hydrogens (tertiary/aromatic N) is 1. The van der Waals surface area contributed by atoms with E-state index in [-0.39, 0.29) is 5.91 Å². The molecule has 0 heterocycles. The molecule has 0 saturated heterocycles. The quantitative estimate of drug-likeness (QED) is 0.451. The first kappa shape index (κ1) is 12.1. The van der Waals surface area contributed by atoms with Crippen LogP contribution >= 0.6 is 0 Å². The molecule has 0 spiro atoms. The lowest BCUT2D eigenvalue weighted by atomic mass is 10.3. The summed E-state index contributed by atoms with van der Waals surface area (Å²) in [4.78, 5) is 23.0. The normalized spacial score (nSPS) is 10.1. The largest absolute Gasteiger partial charge is 0.356 e. The van der Waals surface area contributed by atoms with Crippen LogP contribution in [0.15, 0.2) is 0 Å². The zero-order chi connectivity index (χ0) is 10.1. The monoisotopic (exact) mass is 186 g/mol. The van der Waals surface area contributed by atoms with Gasteiger partial charge in [0.15, 0.2) is 0 Å². The van der Waals surface area contributed by atoms with Gasteiger partial charge in [-0.25, -0.2) is 0 Å². The van der Waals surface area contributed by atoms with Crippen LogP contribution in [-0.2, 0) is 9.59 Å². The first-order valence-corrected chi connectivity index (χ1v) is 4.52. The van der Waals surface area contributed by atoms with Crippen molar-refractivity contribution in [2.75, 3.05) is 27.2 Å². The van der Waals surface area contributed by atoms with Crippen LogP contribution in [0.3, 0.4) is 0 Å². The second-order valence-electron chi connectivity index (χ2n) is 3.21. The van der Waals surface area contributed by atoms with Crippen molar-refractivity contribution in [3.05, 3.63) is 0 Å². The molecule has 0 aromatic heterocycles. The van der Waals surface area contributed by atoms with Crippen molar-refractivity contribution in [3.8, 4) is 0 Å². The van der Waals surface area contributed by atoms with Crippen molar-refractivity contribution in [1.82, 2.24) is 10.2 Å². The Balaban J connectivity index is 3.25. The summed E-state index contributed by atoms with van der Waals surface area (Å²) in [6, 6.07) is 0. The third-order valence-electron chi connectivity index (χ3n) is 1.61. The molecule has 0 saturated carbocycles. The lowest BCUT2D eigenvalue weighted by Gasteiger charge is -2.08. The highest BCUT2D eigenvalue weighted by molar-refractivity contribution is 5.76. The van der Waals surface area contributed by atoms with Crippen LogP contribution in [0.4, 0.5) is 0 Å². The summed E-state index contributed by atoms with van der Waals surface area (Å²) in [7, 11) is 3.86. The minimum absolute atomic E-state index is 0.0552. The highest BCUT2D eigenvalue weighted by Crippen LogP contribution is 1.85.